The van der Waals surface area contributed by atoms with Gasteiger partial charge in [0, 0.05) is 12.1 Å². The van der Waals surface area contributed by atoms with Crippen molar-refractivity contribution in [1.82, 2.24) is 24.1 Å². The SMILES string of the molecule is CCc1nc2c(c(=O)n1Cc1ccccc1)c1nc3ccccc3nc1n2-c1ccccc1. The van der Waals surface area contributed by atoms with Crippen molar-refractivity contribution in [3.05, 3.63) is 107 Å². The Bertz CT molecular complexity index is 1680. The molecule has 3 heterocycles. The summed E-state index contributed by atoms with van der Waals surface area (Å²) < 4.78 is 3.72. The zero-order valence-corrected chi connectivity index (χ0v) is 18.1. The minimum atomic E-state index is -0.0926. The molecule has 0 atom stereocenters. The predicted octanol–water partition coefficient (Wildman–Crippen LogP) is 4.89. The number of fused-ring (bicyclic) bond motifs is 4. The Labute approximate surface area is 189 Å². The molecule has 160 valence electrons. The highest BCUT2D eigenvalue weighted by molar-refractivity contribution is 6.05. The number of para-hydroxylation sites is 3. The van der Waals surface area contributed by atoms with Crippen LogP contribution in [0.4, 0.5) is 0 Å². The summed E-state index contributed by atoms with van der Waals surface area (Å²) in [6.07, 6.45) is 0.636. The van der Waals surface area contributed by atoms with Gasteiger partial charge < -0.3 is 0 Å². The quantitative estimate of drug-likeness (QED) is 0.398. The second kappa shape index (κ2) is 7.67. The Balaban J connectivity index is 1.76. The number of benzene rings is 3. The van der Waals surface area contributed by atoms with E-state index in [2.05, 4.69) is 0 Å². The molecule has 6 rings (SSSR count). The summed E-state index contributed by atoms with van der Waals surface area (Å²) in [5, 5.41) is 0.500. The monoisotopic (exact) mass is 431 g/mol. The molecule has 6 aromatic rings. The molecule has 0 unspecified atom stereocenters. The van der Waals surface area contributed by atoms with Crippen molar-refractivity contribution in [2.45, 2.75) is 19.9 Å². The topological polar surface area (TPSA) is 65.6 Å². The van der Waals surface area contributed by atoms with Crippen molar-refractivity contribution in [3.8, 4) is 5.69 Å². The molecule has 0 amide bonds. The first kappa shape index (κ1) is 19.4. The molecule has 0 aliphatic heterocycles. The molecular formula is C27H21N5O. The lowest BCUT2D eigenvalue weighted by atomic mass is 10.2. The van der Waals surface area contributed by atoms with Gasteiger partial charge in [-0.25, -0.2) is 15.0 Å². The first-order chi connectivity index (χ1) is 16.2. The lowest BCUT2D eigenvalue weighted by molar-refractivity contribution is 0.685. The Morgan fingerprint density at radius 3 is 2.06 bits per heavy atom. The molecule has 6 heteroatoms. The third-order valence-electron chi connectivity index (χ3n) is 5.96. The van der Waals surface area contributed by atoms with Crippen LogP contribution in [0.2, 0.25) is 0 Å². The lowest BCUT2D eigenvalue weighted by Gasteiger charge is -2.12. The van der Waals surface area contributed by atoms with Crippen molar-refractivity contribution in [2.24, 2.45) is 0 Å². The van der Waals surface area contributed by atoms with E-state index in [1.54, 1.807) is 4.57 Å². The molecule has 33 heavy (non-hydrogen) atoms. The Morgan fingerprint density at radius 2 is 1.36 bits per heavy atom. The molecule has 0 aliphatic rings. The van der Waals surface area contributed by atoms with E-state index >= 15 is 0 Å². The fourth-order valence-corrected chi connectivity index (χ4v) is 4.39. The summed E-state index contributed by atoms with van der Waals surface area (Å²) >= 11 is 0. The van der Waals surface area contributed by atoms with Gasteiger partial charge in [0.05, 0.1) is 17.6 Å². The van der Waals surface area contributed by atoms with E-state index in [4.69, 9.17) is 15.0 Å². The van der Waals surface area contributed by atoms with E-state index in [0.29, 0.717) is 35.2 Å². The van der Waals surface area contributed by atoms with Gasteiger partial charge in [-0.15, -0.1) is 0 Å². The Kier molecular flexibility index (Phi) is 4.50. The van der Waals surface area contributed by atoms with Crippen LogP contribution in [0.1, 0.15) is 18.3 Å². The molecule has 3 aromatic carbocycles. The smallest absolute Gasteiger partial charge is 0.265 e. The van der Waals surface area contributed by atoms with Crippen LogP contribution in [0.25, 0.3) is 38.9 Å². The third kappa shape index (κ3) is 3.10. The van der Waals surface area contributed by atoms with Crippen LogP contribution in [-0.4, -0.2) is 24.1 Å². The summed E-state index contributed by atoms with van der Waals surface area (Å²) in [7, 11) is 0. The van der Waals surface area contributed by atoms with Gasteiger partial charge in [0.1, 0.15) is 16.7 Å². The summed E-state index contributed by atoms with van der Waals surface area (Å²) in [4.78, 5) is 28.7. The fraction of sp³-hybridized carbons (Fsp3) is 0.111. The highest BCUT2D eigenvalue weighted by Crippen LogP contribution is 2.28. The molecule has 6 nitrogen and oxygen atoms in total. The second-order valence-corrected chi connectivity index (χ2v) is 8.01. The summed E-state index contributed by atoms with van der Waals surface area (Å²) in [6, 6.07) is 27.6. The van der Waals surface area contributed by atoms with Crippen LogP contribution in [-0.2, 0) is 13.0 Å². The van der Waals surface area contributed by atoms with E-state index in [9.17, 15) is 4.79 Å². The number of nitrogens with zero attached hydrogens (tertiary/aromatic N) is 5. The zero-order valence-electron chi connectivity index (χ0n) is 18.1. The maximum atomic E-state index is 13.9. The average Bonchev–Trinajstić information content (AvgIpc) is 3.18. The molecule has 3 aromatic heterocycles. The fourth-order valence-electron chi connectivity index (χ4n) is 4.39. The second-order valence-electron chi connectivity index (χ2n) is 8.01. The van der Waals surface area contributed by atoms with Crippen LogP contribution >= 0.6 is 0 Å². The van der Waals surface area contributed by atoms with Gasteiger partial charge in [-0.3, -0.25) is 13.9 Å². The number of hydrogen-bond acceptors (Lipinski definition) is 4. The van der Waals surface area contributed by atoms with E-state index in [1.165, 1.54) is 0 Å². The minimum Gasteiger partial charge on any atom is -0.291 e. The summed E-state index contributed by atoms with van der Waals surface area (Å²) in [5.41, 5.74) is 5.21. The van der Waals surface area contributed by atoms with Gasteiger partial charge in [-0.1, -0.05) is 67.6 Å². The average molecular weight is 431 g/mol. The molecule has 0 saturated heterocycles. The van der Waals surface area contributed by atoms with Crippen molar-refractivity contribution in [1.29, 1.82) is 0 Å². The summed E-state index contributed by atoms with van der Waals surface area (Å²) in [6.45, 7) is 2.49. The predicted molar refractivity (Wildman–Crippen MR) is 131 cm³/mol. The molecular weight excluding hydrogens is 410 g/mol. The first-order valence-corrected chi connectivity index (χ1v) is 11.0. The number of rotatable bonds is 4. The number of aryl methyl sites for hydroxylation is 1. The number of hydrogen-bond donors (Lipinski definition) is 0. The normalized spacial score (nSPS) is 11.5. The number of aromatic nitrogens is 5. The molecule has 0 bridgehead atoms. The Morgan fingerprint density at radius 1 is 0.727 bits per heavy atom. The van der Waals surface area contributed by atoms with Crippen molar-refractivity contribution >= 4 is 33.2 Å². The van der Waals surface area contributed by atoms with Gasteiger partial charge in [0.15, 0.2) is 11.3 Å². The van der Waals surface area contributed by atoms with E-state index in [0.717, 1.165) is 28.1 Å². The highest BCUT2D eigenvalue weighted by Gasteiger charge is 2.22. The van der Waals surface area contributed by atoms with Crippen LogP contribution in [0.5, 0.6) is 0 Å². The molecule has 0 aliphatic carbocycles. The van der Waals surface area contributed by atoms with Crippen molar-refractivity contribution < 1.29 is 0 Å². The lowest BCUT2D eigenvalue weighted by Crippen LogP contribution is -2.26. The van der Waals surface area contributed by atoms with Gasteiger partial charge in [0.2, 0.25) is 0 Å². The van der Waals surface area contributed by atoms with E-state index in [1.807, 2.05) is 96.4 Å². The molecule has 0 fully saturated rings. The molecule has 0 N–H and O–H groups in total. The van der Waals surface area contributed by atoms with E-state index in [-0.39, 0.29) is 5.56 Å². The Hall–Kier alpha value is -4.32. The van der Waals surface area contributed by atoms with Crippen LogP contribution < -0.4 is 5.56 Å². The van der Waals surface area contributed by atoms with Gasteiger partial charge >= 0.3 is 0 Å². The van der Waals surface area contributed by atoms with Crippen LogP contribution in [0.3, 0.4) is 0 Å². The highest BCUT2D eigenvalue weighted by atomic mass is 16.1. The summed E-state index contributed by atoms with van der Waals surface area (Å²) in [5.74, 6) is 0.737. The molecule has 0 spiro atoms. The van der Waals surface area contributed by atoms with Gasteiger partial charge in [-0.05, 0) is 29.8 Å². The van der Waals surface area contributed by atoms with Crippen molar-refractivity contribution in [2.75, 3.05) is 0 Å². The third-order valence-corrected chi connectivity index (χ3v) is 5.96. The maximum Gasteiger partial charge on any atom is 0.265 e. The zero-order chi connectivity index (χ0) is 22.4. The van der Waals surface area contributed by atoms with Gasteiger partial charge in [0.25, 0.3) is 5.56 Å². The standard InChI is InChI=1S/C27H21N5O/c1-2-22-30-25-23(27(33)31(22)17-18-11-5-3-6-12-18)24-26(32(25)19-13-7-4-8-14-19)29-21-16-10-9-15-20(21)28-24/h3-16H,2,17H2,1H3. The van der Waals surface area contributed by atoms with Gasteiger partial charge in [-0.2, -0.15) is 0 Å². The van der Waals surface area contributed by atoms with Crippen LogP contribution in [0, 0.1) is 0 Å². The maximum absolute atomic E-state index is 13.9. The molecule has 0 radical (unpaired) electrons. The minimum absolute atomic E-state index is 0.0926. The largest absolute Gasteiger partial charge is 0.291 e. The van der Waals surface area contributed by atoms with E-state index < -0.39 is 0 Å². The van der Waals surface area contributed by atoms with Crippen molar-refractivity contribution in [3.63, 3.8) is 0 Å². The molecule has 0 saturated carbocycles. The van der Waals surface area contributed by atoms with Crippen LogP contribution in [0.15, 0.2) is 89.7 Å². The first-order valence-electron chi connectivity index (χ1n) is 11.0.